The van der Waals surface area contributed by atoms with Crippen molar-refractivity contribution in [2.45, 2.75) is 13.5 Å². The van der Waals surface area contributed by atoms with E-state index >= 15 is 0 Å². The summed E-state index contributed by atoms with van der Waals surface area (Å²) in [5.74, 6) is 0.868. The maximum Gasteiger partial charge on any atom is 0.119 e. The number of methoxy groups -OCH3 is 1. The minimum atomic E-state index is 0.868. The largest absolute Gasteiger partial charge is 0.497 e. The number of hydrazone groups is 1. The van der Waals surface area contributed by atoms with Crippen molar-refractivity contribution in [2.75, 3.05) is 33.3 Å². The van der Waals surface area contributed by atoms with E-state index in [4.69, 9.17) is 9.84 Å². The third kappa shape index (κ3) is 4.18. The molecule has 0 bridgehead atoms. The average Bonchev–Trinajstić information content (AvgIpc) is 2.75. The second-order valence-electron chi connectivity index (χ2n) is 7.29. The summed E-state index contributed by atoms with van der Waals surface area (Å²) >= 11 is 0. The van der Waals surface area contributed by atoms with Gasteiger partial charge in [0.25, 0.3) is 0 Å². The van der Waals surface area contributed by atoms with Crippen LogP contribution in [0, 0.1) is 0 Å². The van der Waals surface area contributed by atoms with Crippen LogP contribution in [0.1, 0.15) is 18.1 Å². The van der Waals surface area contributed by atoms with Crippen LogP contribution in [0.3, 0.4) is 0 Å². The van der Waals surface area contributed by atoms with Crippen LogP contribution in [0.2, 0.25) is 0 Å². The fourth-order valence-electron chi connectivity index (χ4n) is 3.78. The van der Waals surface area contributed by atoms with E-state index in [9.17, 15) is 0 Å². The van der Waals surface area contributed by atoms with Crippen molar-refractivity contribution < 1.29 is 4.74 Å². The molecule has 1 saturated heterocycles. The van der Waals surface area contributed by atoms with Gasteiger partial charge in [-0.3, -0.25) is 9.91 Å². The maximum absolute atomic E-state index is 5.32. The Kier molecular flexibility index (Phi) is 5.58. The highest BCUT2D eigenvalue weighted by Crippen LogP contribution is 2.21. The first-order chi connectivity index (χ1) is 13.7. The number of piperazine rings is 1. The standard InChI is InChI=1S/C24H27N3O/c1-19(21-9-6-11-23(17-21)28-2)25-27-15-13-26(14-16-27)18-22-10-5-8-20-7-3-4-12-24(20)22/h3-12,17H,13-16,18H2,1-2H3. The van der Waals surface area contributed by atoms with Crippen molar-refractivity contribution in [1.82, 2.24) is 9.91 Å². The van der Waals surface area contributed by atoms with Crippen LogP contribution in [-0.4, -0.2) is 48.9 Å². The molecular weight excluding hydrogens is 346 g/mol. The van der Waals surface area contributed by atoms with Gasteiger partial charge in [0.05, 0.1) is 12.8 Å². The Bertz CT molecular complexity index is 969. The van der Waals surface area contributed by atoms with Crippen molar-refractivity contribution in [3.05, 3.63) is 77.9 Å². The van der Waals surface area contributed by atoms with Crippen LogP contribution >= 0.6 is 0 Å². The summed E-state index contributed by atoms with van der Waals surface area (Å²) in [5, 5.41) is 9.71. The molecule has 0 atom stereocenters. The first kappa shape index (κ1) is 18.5. The van der Waals surface area contributed by atoms with Gasteiger partial charge in [-0.05, 0) is 35.4 Å². The molecule has 144 valence electrons. The molecule has 28 heavy (non-hydrogen) atoms. The molecule has 4 heteroatoms. The van der Waals surface area contributed by atoms with Gasteiger partial charge in [-0.15, -0.1) is 0 Å². The number of ether oxygens (including phenoxy) is 1. The predicted octanol–water partition coefficient (Wildman–Crippen LogP) is 4.39. The minimum absolute atomic E-state index is 0.868. The van der Waals surface area contributed by atoms with Gasteiger partial charge >= 0.3 is 0 Å². The zero-order chi connectivity index (χ0) is 19.3. The van der Waals surface area contributed by atoms with Gasteiger partial charge in [0, 0.05) is 38.3 Å². The summed E-state index contributed by atoms with van der Waals surface area (Å²) in [6.45, 7) is 7.01. The summed E-state index contributed by atoms with van der Waals surface area (Å²) in [4.78, 5) is 2.52. The number of hydrogen-bond acceptors (Lipinski definition) is 4. The Morgan fingerprint density at radius 1 is 0.929 bits per heavy atom. The first-order valence-corrected chi connectivity index (χ1v) is 9.86. The molecular formula is C24H27N3O. The van der Waals surface area contributed by atoms with Crippen molar-refractivity contribution >= 4 is 16.5 Å². The molecule has 4 rings (SSSR count). The van der Waals surface area contributed by atoms with Crippen LogP contribution in [0.5, 0.6) is 5.75 Å². The summed E-state index contributed by atoms with van der Waals surface area (Å²) in [6.07, 6.45) is 0. The SMILES string of the molecule is COc1cccc(C(C)=NN2CCN(Cc3cccc4ccccc34)CC2)c1. The molecule has 0 radical (unpaired) electrons. The molecule has 0 aromatic heterocycles. The van der Waals surface area contributed by atoms with Crippen molar-refractivity contribution in [1.29, 1.82) is 0 Å². The summed E-state index contributed by atoms with van der Waals surface area (Å²) in [7, 11) is 1.70. The lowest BCUT2D eigenvalue weighted by molar-refractivity contribution is 0.131. The van der Waals surface area contributed by atoms with E-state index in [0.29, 0.717) is 0 Å². The molecule has 1 aliphatic heterocycles. The summed E-state index contributed by atoms with van der Waals surface area (Å²) < 4.78 is 5.32. The van der Waals surface area contributed by atoms with Crippen LogP contribution in [0.25, 0.3) is 10.8 Å². The molecule has 0 spiro atoms. The Balaban J connectivity index is 1.39. The number of hydrogen-bond donors (Lipinski definition) is 0. The van der Waals surface area contributed by atoms with Gasteiger partial charge in [-0.2, -0.15) is 5.10 Å². The predicted molar refractivity (Wildman–Crippen MR) is 116 cm³/mol. The Labute approximate surface area is 167 Å². The lowest BCUT2D eigenvalue weighted by Crippen LogP contribution is -2.43. The fraction of sp³-hybridized carbons (Fsp3) is 0.292. The van der Waals surface area contributed by atoms with Gasteiger partial charge in [0.1, 0.15) is 5.75 Å². The second-order valence-corrected chi connectivity index (χ2v) is 7.29. The van der Waals surface area contributed by atoms with E-state index in [1.54, 1.807) is 7.11 Å². The van der Waals surface area contributed by atoms with Crippen LogP contribution in [0.15, 0.2) is 71.8 Å². The molecule has 3 aromatic rings. The normalized spacial score (nSPS) is 15.8. The number of benzene rings is 3. The third-order valence-corrected chi connectivity index (χ3v) is 5.40. The van der Waals surface area contributed by atoms with Gasteiger partial charge in [0.2, 0.25) is 0 Å². The van der Waals surface area contributed by atoms with Crippen LogP contribution in [0.4, 0.5) is 0 Å². The quantitative estimate of drug-likeness (QED) is 0.621. The lowest BCUT2D eigenvalue weighted by atomic mass is 10.0. The molecule has 0 saturated carbocycles. The zero-order valence-electron chi connectivity index (χ0n) is 16.6. The maximum atomic E-state index is 5.32. The van der Waals surface area contributed by atoms with E-state index in [1.165, 1.54) is 16.3 Å². The second kappa shape index (κ2) is 8.44. The third-order valence-electron chi connectivity index (χ3n) is 5.40. The van der Waals surface area contributed by atoms with E-state index in [-0.39, 0.29) is 0 Å². The van der Waals surface area contributed by atoms with Crippen molar-refractivity contribution in [3.63, 3.8) is 0 Å². The highest BCUT2D eigenvalue weighted by molar-refractivity contribution is 5.98. The van der Waals surface area contributed by atoms with E-state index < -0.39 is 0 Å². The average molecular weight is 374 g/mol. The molecule has 1 fully saturated rings. The highest BCUT2D eigenvalue weighted by Gasteiger charge is 2.17. The molecule has 0 aliphatic carbocycles. The Morgan fingerprint density at radius 2 is 1.68 bits per heavy atom. The highest BCUT2D eigenvalue weighted by atomic mass is 16.5. The van der Waals surface area contributed by atoms with E-state index in [1.807, 2.05) is 18.2 Å². The summed E-state index contributed by atoms with van der Waals surface area (Å²) in [5.41, 5.74) is 3.54. The molecule has 0 N–H and O–H groups in total. The number of fused-ring (bicyclic) bond motifs is 1. The van der Waals surface area contributed by atoms with E-state index in [2.05, 4.69) is 65.4 Å². The van der Waals surface area contributed by atoms with Crippen molar-refractivity contribution in [3.8, 4) is 5.75 Å². The Morgan fingerprint density at radius 3 is 2.50 bits per heavy atom. The lowest BCUT2D eigenvalue weighted by Gasteiger charge is -2.33. The van der Waals surface area contributed by atoms with Gasteiger partial charge in [0.15, 0.2) is 0 Å². The van der Waals surface area contributed by atoms with Gasteiger partial charge in [-0.1, -0.05) is 54.6 Å². The Hall–Kier alpha value is -2.85. The monoisotopic (exact) mass is 373 g/mol. The first-order valence-electron chi connectivity index (χ1n) is 9.86. The van der Waals surface area contributed by atoms with E-state index in [0.717, 1.165) is 49.7 Å². The van der Waals surface area contributed by atoms with Gasteiger partial charge < -0.3 is 4.74 Å². The van der Waals surface area contributed by atoms with Crippen LogP contribution < -0.4 is 4.74 Å². The molecule has 0 unspecified atom stereocenters. The molecule has 4 nitrogen and oxygen atoms in total. The topological polar surface area (TPSA) is 28.1 Å². The number of nitrogens with zero attached hydrogens (tertiary/aromatic N) is 3. The fourth-order valence-corrected chi connectivity index (χ4v) is 3.78. The summed E-state index contributed by atoms with van der Waals surface area (Å²) in [6, 6.07) is 23.3. The molecule has 1 heterocycles. The minimum Gasteiger partial charge on any atom is -0.497 e. The van der Waals surface area contributed by atoms with Gasteiger partial charge in [-0.25, -0.2) is 0 Å². The molecule has 1 aliphatic rings. The molecule has 0 amide bonds. The number of rotatable bonds is 5. The smallest absolute Gasteiger partial charge is 0.119 e. The molecule has 3 aromatic carbocycles. The van der Waals surface area contributed by atoms with Crippen LogP contribution in [-0.2, 0) is 6.54 Å². The zero-order valence-corrected chi connectivity index (χ0v) is 16.6. The van der Waals surface area contributed by atoms with Crippen molar-refractivity contribution in [2.24, 2.45) is 5.10 Å².